The van der Waals surface area contributed by atoms with Crippen LogP contribution in [0.2, 0.25) is 0 Å². The van der Waals surface area contributed by atoms with Gasteiger partial charge < -0.3 is 0 Å². The summed E-state index contributed by atoms with van der Waals surface area (Å²) >= 11 is 4.91. The molecular formula is C9H11BrN2OS. The molecule has 0 aliphatic carbocycles. The van der Waals surface area contributed by atoms with Crippen molar-refractivity contribution in [1.29, 1.82) is 0 Å². The van der Waals surface area contributed by atoms with Gasteiger partial charge in [0.1, 0.15) is 0 Å². The zero-order valence-electron chi connectivity index (χ0n) is 7.62. The number of carbonyl (C=O) groups excluding carboxylic acids is 1. The van der Waals surface area contributed by atoms with Gasteiger partial charge in [-0.15, -0.1) is 11.3 Å². The molecule has 1 amide bonds. The van der Waals surface area contributed by atoms with E-state index in [1.54, 1.807) is 5.01 Å². The molecule has 1 fully saturated rings. The Balaban J connectivity index is 2.11. The number of thiophene rings is 1. The molecule has 14 heavy (non-hydrogen) atoms. The van der Waals surface area contributed by atoms with Crippen molar-refractivity contribution in [1.82, 2.24) is 10.4 Å². The molecule has 5 heteroatoms. The average Bonchev–Trinajstić information content (AvgIpc) is 2.65. The lowest BCUT2D eigenvalue weighted by Crippen LogP contribution is -2.46. The molecule has 3 nitrogen and oxygen atoms in total. The third kappa shape index (κ3) is 1.99. The molecule has 0 unspecified atom stereocenters. The van der Waals surface area contributed by atoms with Gasteiger partial charge >= 0.3 is 0 Å². The summed E-state index contributed by atoms with van der Waals surface area (Å²) in [5.74, 6) is 0.0674. The minimum atomic E-state index is 0.0674. The molecule has 0 bridgehead atoms. The van der Waals surface area contributed by atoms with E-state index >= 15 is 0 Å². The van der Waals surface area contributed by atoms with Gasteiger partial charge in [-0.05, 0) is 40.2 Å². The molecule has 1 aromatic heterocycles. The van der Waals surface area contributed by atoms with Crippen molar-refractivity contribution >= 4 is 33.2 Å². The van der Waals surface area contributed by atoms with Crippen LogP contribution in [0.5, 0.6) is 0 Å². The van der Waals surface area contributed by atoms with Crippen molar-refractivity contribution in [2.24, 2.45) is 0 Å². The van der Waals surface area contributed by atoms with Gasteiger partial charge in [-0.25, -0.2) is 5.43 Å². The standard InChI is InChI=1S/C9H11BrN2OS/c10-8-7(3-6-14-8)9(13)12-5-2-1-4-11-12/h3,6,11H,1-2,4-5H2. The predicted molar refractivity (Wildman–Crippen MR) is 60.3 cm³/mol. The van der Waals surface area contributed by atoms with Gasteiger partial charge in [0.05, 0.1) is 9.35 Å². The number of hydrogen-bond donors (Lipinski definition) is 1. The second-order valence-corrected chi connectivity index (χ2v) is 5.41. The molecule has 76 valence electrons. The van der Waals surface area contributed by atoms with E-state index < -0.39 is 0 Å². The summed E-state index contributed by atoms with van der Waals surface area (Å²) in [7, 11) is 0. The van der Waals surface area contributed by atoms with Gasteiger partial charge in [-0.3, -0.25) is 9.80 Å². The lowest BCUT2D eigenvalue weighted by atomic mass is 10.2. The number of hydrazine groups is 1. The predicted octanol–water partition coefficient (Wildman–Crippen LogP) is 2.25. The Labute approximate surface area is 95.2 Å². The van der Waals surface area contributed by atoms with Crippen molar-refractivity contribution in [2.45, 2.75) is 12.8 Å². The third-order valence-electron chi connectivity index (χ3n) is 2.20. The quantitative estimate of drug-likeness (QED) is 0.852. The fourth-order valence-electron chi connectivity index (χ4n) is 1.45. The summed E-state index contributed by atoms with van der Waals surface area (Å²) in [6, 6.07) is 1.85. The maximum Gasteiger partial charge on any atom is 0.269 e. The SMILES string of the molecule is O=C(c1ccsc1Br)N1CCCCN1. The first-order valence-electron chi connectivity index (χ1n) is 4.57. The molecule has 1 saturated heterocycles. The summed E-state index contributed by atoms with van der Waals surface area (Å²) in [5.41, 5.74) is 3.86. The van der Waals surface area contributed by atoms with E-state index in [1.807, 2.05) is 11.4 Å². The summed E-state index contributed by atoms with van der Waals surface area (Å²) in [6.45, 7) is 1.70. The summed E-state index contributed by atoms with van der Waals surface area (Å²) < 4.78 is 0.912. The Morgan fingerprint density at radius 1 is 1.57 bits per heavy atom. The highest BCUT2D eigenvalue weighted by Gasteiger charge is 2.20. The van der Waals surface area contributed by atoms with E-state index in [0.717, 1.165) is 35.3 Å². The van der Waals surface area contributed by atoms with Gasteiger partial charge in [-0.2, -0.15) is 0 Å². The average molecular weight is 275 g/mol. The summed E-state index contributed by atoms with van der Waals surface area (Å²) in [6.07, 6.45) is 2.23. The molecule has 1 aromatic rings. The number of hydrogen-bond acceptors (Lipinski definition) is 3. The fourth-order valence-corrected chi connectivity index (χ4v) is 2.68. The fraction of sp³-hybridized carbons (Fsp3) is 0.444. The van der Waals surface area contributed by atoms with Crippen LogP contribution in [0.1, 0.15) is 23.2 Å². The summed E-state index contributed by atoms with van der Waals surface area (Å²) in [4.78, 5) is 11.9. The van der Waals surface area contributed by atoms with Crippen molar-refractivity contribution in [3.8, 4) is 0 Å². The van der Waals surface area contributed by atoms with E-state index in [-0.39, 0.29) is 5.91 Å². The van der Waals surface area contributed by atoms with Crippen LogP contribution in [0.15, 0.2) is 15.2 Å². The van der Waals surface area contributed by atoms with Crippen LogP contribution in [0.3, 0.4) is 0 Å². The first-order chi connectivity index (χ1) is 6.79. The first-order valence-corrected chi connectivity index (χ1v) is 6.24. The lowest BCUT2D eigenvalue weighted by molar-refractivity contribution is 0.0610. The molecule has 2 rings (SSSR count). The normalized spacial score (nSPS) is 17.1. The molecule has 0 spiro atoms. The minimum Gasteiger partial charge on any atom is -0.274 e. The van der Waals surface area contributed by atoms with Crippen LogP contribution >= 0.6 is 27.3 Å². The van der Waals surface area contributed by atoms with Crippen molar-refractivity contribution in [3.05, 3.63) is 20.8 Å². The first kappa shape index (κ1) is 10.1. The van der Waals surface area contributed by atoms with Crippen molar-refractivity contribution in [3.63, 3.8) is 0 Å². The van der Waals surface area contributed by atoms with Crippen LogP contribution in [-0.2, 0) is 0 Å². The van der Waals surface area contributed by atoms with Crippen LogP contribution in [0.25, 0.3) is 0 Å². The lowest BCUT2D eigenvalue weighted by Gasteiger charge is -2.27. The maximum absolute atomic E-state index is 11.9. The number of nitrogens with zero attached hydrogens (tertiary/aromatic N) is 1. The molecule has 0 aromatic carbocycles. The number of rotatable bonds is 1. The van der Waals surface area contributed by atoms with Gasteiger partial charge in [0, 0.05) is 13.1 Å². The van der Waals surface area contributed by atoms with Crippen LogP contribution in [-0.4, -0.2) is 24.0 Å². The second-order valence-electron chi connectivity index (χ2n) is 3.18. The molecule has 1 aliphatic heterocycles. The molecule has 0 radical (unpaired) electrons. The Hall–Kier alpha value is -0.390. The topological polar surface area (TPSA) is 32.3 Å². The van der Waals surface area contributed by atoms with Gasteiger partial charge in [0.25, 0.3) is 5.91 Å². The highest BCUT2D eigenvalue weighted by atomic mass is 79.9. The molecule has 1 aliphatic rings. The van der Waals surface area contributed by atoms with E-state index in [0.29, 0.717) is 0 Å². The molecule has 1 N–H and O–H groups in total. The number of nitrogens with one attached hydrogen (secondary N) is 1. The van der Waals surface area contributed by atoms with Gasteiger partial charge in [-0.1, -0.05) is 0 Å². The minimum absolute atomic E-state index is 0.0674. The molecule has 0 saturated carbocycles. The second kappa shape index (κ2) is 4.42. The Morgan fingerprint density at radius 2 is 2.43 bits per heavy atom. The largest absolute Gasteiger partial charge is 0.274 e. The zero-order chi connectivity index (χ0) is 9.97. The Bertz CT molecular complexity index is 333. The van der Waals surface area contributed by atoms with E-state index in [1.165, 1.54) is 11.3 Å². The van der Waals surface area contributed by atoms with E-state index in [4.69, 9.17) is 0 Å². The number of carbonyl (C=O) groups is 1. The highest BCUT2D eigenvalue weighted by Crippen LogP contribution is 2.24. The van der Waals surface area contributed by atoms with Crippen LogP contribution in [0.4, 0.5) is 0 Å². The van der Waals surface area contributed by atoms with Gasteiger partial charge in [0.2, 0.25) is 0 Å². The molecular weight excluding hydrogens is 264 g/mol. The summed E-state index contributed by atoms with van der Waals surface area (Å²) in [5, 5.41) is 3.62. The van der Waals surface area contributed by atoms with Crippen molar-refractivity contribution < 1.29 is 4.79 Å². The smallest absolute Gasteiger partial charge is 0.269 e. The number of halogens is 1. The maximum atomic E-state index is 11.9. The molecule has 2 heterocycles. The Morgan fingerprint density at radius 3 is 3.00 bits per heavy atom. The van der Waals surface area contributed by atoms with Crippen LogP contribution in [0, 0.1) is 0 Å². The van der Waals surface area contributed by atoms with Crippen molar-refractivity contribution in [2.75, 3.05) is 13.1 Å². The van der Waals surface area contributed by atoms with E-state index in [9.17, 15) is 4.79 Å². The number of amides is 1. The van der Waals surface area contributed by atoms with Crippen LogP contribution < -0.4 is 5.43 Å². The highest BCUT2D eigenvalue weighted by molar-refractivity contribution is 9.11. The third-order valence-corrected chi connectivity index (χ3v) is 3.89. The molecule has 0 atom stereocenters. The monoisotopic (exact) mass is 274 g/mol. The zero-order valence-corrected chi connectivity index (χ0v) is 10.0. The van der Waals surface area contributed by atoms with E-state index in [2.05, 4.69) is 21.4 Å². The Kier molecular flexibility index (Phi) is 3.20. The van der Waals surface area contributed by atoms with Gasteiger partial charge in [0.15, 0.2) is 0 Å².